The second kappa shape index (κ2) is 6.58. The van der Waals surface area contributed by atoms with Crippen molar-refractivity contribution in [3.05, 3.63) is 28.3 Å². The lowest BCUT2D eigenvalue weighted by molar-refractivity contribution is -0.384. The molecule has 0 aliphatic carbocycles. The highest BCUT2D eigenvalue weighted by atomic mass is 35.5. The second-order valence-electron chi connectivity index (χ2n) is 3.60. The van der Waals surface area contributed by atoms with Gasteiger partial charge in [-0.15, -0.1) is 11.6 Å². The van der Waals surface area contributed by atoms with Crippen molar-refractivity contribution >= 4 is 33.0 Å². The van der Waals surface area contributed by atoms with Crippen molar-refractivity contribution in [3.8, 4) is 5.75 Å². The smallest absolute Gasteiger partial charge is 0.297 e. The summed E-state index contributed by atoms with van der Waals surface area (Å²) in [4.78, 5) is 10.2. The lowest BCUT2D eigenvalue weighted by Gasteiger charge is -2.08. The average molecular weight is 309 g/mol. The molecule has 1 N–H and O–H groups in total. The number of hydrogen-bond donors (Lipinski definition) is 1. The van der Waals surface area contributed by atoms with E-state index in [2.05, 4.69) is 4.72 Å². The van der Waals surface area contributed by atoms with Crippen molar-refractivity contribution in [1.29, 1.82) is 0 Å². The quantitative estimate of drug-likeness (QED) is 0.471. The Balaban J connectivity index is 3.04. The zero-order valence-electron chi connectivity index (χ0n) is 10.1. The third-order valence-electron chi connectivity index (χ3n) is 2.21. The van der Waals surface area contributed by atoms with Gasteiger partial charge in [0, 0.05) is 5.88 Å². The van der Waals surface area contributed by atoms with Gasteiger partial charge in [-0.1, -0.05) is 0 Å². The van der Waals surface area contributed by atoms with E-state index >= 15 is 0 Å². The van der Waals surface area contributed by atoms with E-state index in [-0.39, 0.29) is 35.2 Å². The molecule has 1 rings (SSSR count). The molecule has 9 heteroatoms. The van der Waals surface area contributed by atoms with E-state index in [4.69, 9.17) is 16.3 Å². The van der Waals surface area contributed by atoms with Crippen molar-refractivity contribution in [2.24, 2.45) is 0 Å². The van der Waals surface area contributed by atoms with Crippen molar-refractivity contribution in [2.75, 3.05) is 23.5 Å². The monoisotopic (exact) mass is 308 g/mol. The van der Waals surface area contributed by atoms with Gasteiger partial charge in [0.05, 0.1) is 23.9 Å². The van der Waals surface area contributed by atoms with Crippen LogP contribution in [0.25, 0.3) is 0 Å². The fourth-order valence-corrected chi connectivity index (χ4v) is 2.77. The number of nitrogens with zero attached hydrogens (tertiary/aromatic N) is 1. The molecule has 0 spiro atoms. The van der Waals surface area contributed by atoms with Gasteiger partial charge in [0.2, 0.25) is 10.0 Å². The van der Waals surface area contributed by atoms with E-state index in [0.717, 1.165) is 6.07 Å². The summed E-state index contributed by atoms with van der Waals surface area (Å²) in [5, 5.41) is 10.9. The van der Waals surface area contributed by atoms with Gasteiger partial charge in [0.1, 0.15) is 11.4 Å². The molecule has 0 atom stereocenters. The normalized spacial score (nSPS) is 11.1. The Labute approximate surface area is 115 Å². The first-order chi connectivity index (χ1) is 8.89. The third-order valence-corrected chi connectivity index (χ3v) is 3.84. The molecule has 0 amide bonds. The molecule has 106 valence electrons. The van der Waals surface area contributed by atoms with Crippen LogP contribution >= 0.6 is 11.6 Å². The van der Waals surface area contributed by atoms with E-state index in [1.807, 2.05) is 0 Å². The Morgan fingerprint density at radius 1 is 1.47 bits per heavy atom. The van der Waals surface area contributed by atoms with Crippen LogP contribution in [0.1, 0.15) is 6.42 Å². The summed E-state index contributed by atoms with van der Waals surface area (Å²) >= 11 is 5.41. The first-order valence-electron chi connectivity index (χ1n) is 5.28. The van der Waals surface area contributed by atoms with Crippen molar-refractivity contribution in [3.63, 3.8) is 0 Å². The highest BCUT2D eigenvalue weighted by Crippen LogP contribution is 2.29. The van der Waals surface area contributed by atoms with Crippen LogP contribution in [0.3, 0.4) is 0 Å². The third kappa shape index (κ3) is 4.56. The van der Waals surface area contributed by atoms with E-state index in [1.165, 1.54) is 19.2 Å². The van der Waals surface area contributed by atoms with Crippen molar-refractivity contribution in [1.82, 2.24) is 0 Å². The predicted molar refractivity (Wildman–Crippen MR) is 72.4 cm³/mol. The topological polar surface area (TPSA) is 98.5 Å². The summed E-state index contributed by atoms with van der Waals surface area (Å²) in [6, 6.07) is 3.88. The summed E-state index contributed by atoms with van der Waals surface area (Å²) in [5.41, 5.74) is -0.464. The molecule has 0 bridgehead atoms. The molecule has 0 saturated heterocycles. The van der Waals surface area contributed by atoms with Crippen LogP contribution in [0, 0.1) is 10.1 Å². The van der Waals surface area contributed by atoms with E-state index < -0.39 is 14.9 Å². The van der Waals surface area contributed by atoms with Crippen LogP contribution in [0.5, 0.6) is 5.75 Å². The Morgan fingerprint density at radius 3 is 2.68 bits per heavy atom. The largest absolute Gasteiger partial charge is 0.496 e. The van der Waals surface area contributed by atoms with Gasteiger partial charge in [0.15, 0.2) is 0 Å². The SMILES string of the molecule is COc1ccc(NS(=O)(=O)CCCCl)c([N+](=O)[O-])c1. The van der Waals surface area contributed by atoms with Crippen LogP contribution in [0.4, 0.5) is 11.4 Å². The number of hydrogen-bond acceptors (Lipinski definition) is 5. The molecule has 1 aromatic carbocycles. The van der Waals surface area contributed by atoms with Crippen LogP contribution in [-0.2, 0) is 10.0 Å². The number of halogens is 1. The minimum absolute atomic E-state index is 0.0969. The molecule has 7 nitrogen and oxygen atoms in total. The second-order valence-corrected chi connectivity index (χ2v) is 5.82. The number of sulfonamides is 1. The molecule has 0 radical (unpaired) electrons. The van der Waals surface area contributed by atoms with Gasteiger partial charge in [-0.05, 0) is 18.6 Å². The molecule has 0 fully saturated rings. The Bertz CT molecular complexity index is 561. The Hall–Kier alpha value is -1.54. The summed E-state index contributed by atoms with van der Waals surface area (Å²) in [5.74, 6) is 0.279. The number of nitro groups is 1. The standard InChI is InChI=1S/C10H13ClN2O5S/c1-18-8-3-4-9(10(7-8)13(14)15)12-19(16,17)6-2-5-11/h3-4,7,12H,2,5-6H2,1H3. The molecule has 0 saturated carbocycles. The molecule has 1 aromatic rings. The van der Waals surface area contributed by atoms with Gasteiger partial charge in [0.25, 0.3) is 5.69 Å². The number of methoxy groups -OCH3 is 1. The summed E-state index contributed by atoms with van der Waals surface area (Å²) in [6.07, 6.45) is 0.265. The van der Waals surface area contributed by atoms with Gasteiger partial charge in [-0.25, -0.2) is 8.42 Å². The minimum atomic E-state index is -3.65. The lowest BCUT2D eigenvalue weighted by atomic mass is 10.2. The minimum Gasteiger partial charge on any atom is -0.496 e. The van der Waals surface area contributed by atoms with Crippen LogP contribution in [-0.4, -0.2) is 32.1 Å². The van der Waals surface area contributed by atoms with E-state index in [1.54, 1.807) is 0 Å². The molecule has 19 heavy (non-hydrogen) atoms. The highest BCUT2D eigenvalue weighted by molar-refractivity contribution is 7.92. The summed E-state index contributed by atoms with van der Waals surface area (Å²) < 4.78 is 30.4. The van der Waals surface area contributed by atoms with Gasteiger partial charge in [-0.3, -0.25) is 14.8 Å². The van der Waals surface area contributed by atoms with Crippen LogP contribution < -0.4 is 9.46 Å². The molecular formula is C10H13ClN2O5S. The van der Waals surface area contributed by atoms with E-state index in [0.29, 0.717) is 0 Å². The first-order valence-corrected chi connectivity index (χ1v) is 7.47. The predicted octanol–water partition coefficient (Wildman–Crippen LogP) is 1.97. The zero-order valence-corrected chi connectivity index (χ0v) is 11.7. The van der Waals surface area contributed by atoms with Gasteiger partial charge < -0.3 is 4.74 Å². The average Bonchev–Trinajstić information content (AvgIpc) is 2.36. The number of benzene rings is 1. The maximum atomic E-state index is 11.7. The Morgan fingerprint density at radius 2 is 2.16 bits per heavy atom. The number of alkyl halides is 1. The van der Waals surface area contributed by atoms with Gasteiger partial charge >= 0.3 is 0 Å². The molecule has 0 aliphatic rings. The van der Waals surface area contributed by atoms with Crippen molar-refractivity contribution < 1.29 is 18.1 Å². The fraction of sp³-hybridized carbons (Fsp3) is 0.400. The Kier molecular flexibility index (Phi) is 5.37. The molecule has 0 aliphatic heterocycles. The molecule has 0 aromatic heterocycles. The van der Waals surface area contributed by atoms with Gasteiger partial charge in [-0.2, -0.15) is 0 Å². The number of nitro benzene ring substituents is 1. The maximum absolute atomic E-state index is 11.7. The summed E-state index contributed by atoms with van der Waals surface area (Å²) in [7, 11) is -2.29. The van der Waals surface area contributed by atoms with Crippen molar-refractivity contribution in [2.45, 2.75) is 6.42 Å². The number of ether oxygens (including phenoxy) is 1. The molecule has 0 unspecified atom stereocenters. The molecule has 0 heterocycles. The van der Waals surface area contributed by atoms with E-state index in [9.17, 15) is 18.5 Å². The lowest BCUT2D eigenvalue weighted by Crippen LogP contribution is -2.17. The highest BCUT2D eigenvalue weighted by Gasteiger charge is 2.19. The molecular weight excluding hydrogens is 296 g/mol. The first kappa shape index (κ1) is 15.5. The zero-order chi connectivity index (χ0) is 14.5. The van der Waals surface area contributed by atoms with Crippen LogP contribution in [0.2, 0.25) is 0 Å². The number of anilines is 1. The van der Waals surface area contributed by atoms with Crippen LogP contribution in [0.15, 0.2) is 18.2 Å². The summed E-state index contributed by atoms with van der Waals surface area (Å²) in [6.45, 7) is 0. The fourth-order valence-electron chi connectivity index (χ4n) is 1.34. The number of nitrogens with one attached hydrogen (secondary N) is 1. The number of rotatable bonds is 7. The maximum Gasteiger partial charge on any atom is 0.297 e.